The third-order valence-electron chi connectivity index (χ3n) is 2.25. The Kier molecular flexibility index (Phi) is 5.16. The minimum absolute atomic E-state index is 0.228. The Morgan fingerprint density at radius 1 is 1.40 bits per heavy atom. The van der Waals surface area contributed by atoms with Gasteiger partial charge in [0.25, 0.3) is 0 Å². The molecule has 2 atom stereocenters. The third kappa shape index (κ3) is 3.82. The second-order valence-corrected chi connectivity index (χ2v) is 6.60. The van der Waals surface area contributed by atoms with Crippen LogP contribution in [0.1, 0.15) is 36.5 Å². The van der Waals surface area contributed by atoms with E-state index in [-0.39, 0.29) is 6.04 Å². The van der Waals surface area contributed by atoms with Crippen LogP contribution in [0.25, 0.3) is 0 Å². The fourth-order valence-electron chi connectivity index (χ4n) is 1.44. The SMILES string of the molecule is Cc1ccsc1C(SCC(C)C)C(C)N. The molecular formula is C12H21NS2. The highest BCUT2D eigenvalue weighted by Gasteiger charge is 2.20. The van der Waals surface area contributed by atoms with Crippen LogP contribution in [-0.2, 0) is 0 Å². The van der Waals surface area contributed by atoms with Gasteiger partial charge in [0.15, 0.2) is 0 Å². The van der Waals surface area contributed by atoms with Crippen molar-refractivity contribution in [3.63, 3.8) is 0 Å². The highest BCUT2D eigenvalue weighted by atomic mass is 32.2. The van der Waals surface area contributed by atoms with Crippen LogP contribution >= 0.6 is 23.1 Å². The van der Waals surface area contributed by atoms with Gasteiger partial charge in [-0.05, 0) is 42.5 Å². The highest BCUT2D eigenvalue weighted by Crippen LogP contribution is 2.37. The summed E-state index contributed by atoms with van der Waals surface area (Å²) in [5.41, 5.74) is 7.46. The molecule has 3 heteroatoms. The molecule has 1 heterocycles. The van der Waals surface area contributed by atoms with Crippen molar-refractivity contribution < 1.29 is 0 Å². The Hall–Kier alpha value is 0.01000. The number of nitrogens with two attached hydrogens (primary N) is 1. The Labute approximate surface area is 101 Å². The van der Waals surface area contributed by atoms with E-state index >= 15 is 0 Å². The molecule has 86 valence electrons. The molecular weight excluding hydrogens is 222 g/mol. The predicted molar refractivity (Wildman–Crippen MR) is 72.7 cm³/mol. The van der Waals surface area contributed by atoms with Crippen LogP contribution in [0.5, 0.6) is 0 Å². The molecule has 0 aliphatic heterocycles. The lowest BCUT2D eigenvalue weighted by atomic mass is 10.1. The fraction of sp³-hybridized carbons (Fsp3) is 0.667. The maximum Gasteiger partial charge on any atom is 0.0542 e. The molecule has 15 heavy (non-hydrogen) atoms. The van der Waals surface area contributed by atoms with Gasteiger partial charge in [0.1, 0.15) is 0 Å². The lowest BCUT2D eigenvalue weighted by Crippen LogP contribution is -2.23. The van der Waals surface area contributed by atoms with Crippen LogP contribution in [0.15, 0.2) is 11.4 Å². The van der Waals surface area contributed by atoms with Crippen LogP contribution < -0.4 is 5.73 Å². The first-order chi connectivity index (χ1) is 7.02. The molecule has 2 unspecified atom stereocenters. The van der Waals surface area contributed by atoms with E-state index in [1.807, 2.05) is 23.1 Å². The van der Waals surface area contributed by atoms with Crippen molar-refractivity contribution in [3.8, 4) is 0 Å². The van der Waals surface area contributed by atoms with Gasteiger partial charge >= 0.3 is 0 Å². The predicted octanol–water partition coefficient (Wildman–Crippen LogP) is 3.83. The summed E-state index contributed by atoms with van der Waals surface area (Å²) in [5, 5.41) is 2.63. The van der Waals surface area contributed by atoms with E-state index in [4.69, 9.17) is 5.73 Å². The van der Waals surface area contributed by atoms with Crippen molar-refractivity contribution in [3.05, 3.63) is 21.9 Å². The van der Waals surface area contributed by atoms with Crippen LogP contribution in [0, 0.1) is 12.8 Å². The topological polar surface area (TPSA) is 26.0 Å². The second-order valence-electron chi connectivity index (χ2n) is 4.47. The van der Waals surface area contributed by atoms with Crippen LogP contribution in [0.3, 0.4) is 0 Å². The first-order valence-corrected chi connectivity index (χ1v) is 7.36. The van der Waals surface area contributed by atoms with Crippen molar-refractivity contribution in [1.29, 1.82) is 0 Å². The van der Waals surface area contributed by atoms with Gasteiger partial charge in [-0.3, -0.25) is 0 Å². The number of hydrogen-bond donors (Lipinski definition) is 1. The van der Waals surface area contributed by atoms with Crippen LogP contribution in [-0.4, -0.2) is 11.8 Å². The van der Waals surface area contributed by atoms with Crippen LogP contribution in [0.2, 0.25) is 0 Å². The number of hydrogen-bond acceptors (Lipinski definition) is 3. The highest BCUT2D eigenvalue weighted by molar-refractivity contribution is 7.99. The summed E-state index contributed by atoms with van der Waals surface area (Å²) < 4.78 is 0. The Balaban J connectivity index is 2.71. The normalized spacial score (nSPS) is 15.6. The molecule has 0 bridgehead atoms. The molecule has 0 saturated heterocycles. The smallest absolute Gasteiger partial charge is 0.0542 e. The summed E-state index contributed by atoms with van der Waals surface area (Å²) in [5.74, 6) is 1.92. The molecule has 0 saturated carbocycles. The van der Waals surface area contributed by atoms with E-state index in [1.54, 1.807) is 0 Å². The Morgan fingerprint density at radius 3 is 2.47 bits per heavy atom. The van der Waals surface area contributed by atoms with E-state index in [1.165, 1.54) is 16.2 Å². The molecule has 0 aliphatic carbocycles. The maximum absolute atomic E-state index is 6.07. The summed E-state index contributed by atoms with van der Waals surface area (Å²) in [4.78, 5) is 1.45. The Bertz CT molecular complexity index is 292. The fourth-order valence-corrected chi connectivity index (χ4v) is 4.06. The number of thiophene rings is 1. The van der Waals surface area contributed by atoms with Crippen molar-refractivity contribution >= 4 is 23.1 Å². The van der Waals surface area contributed by atoms with E-state index in [9.17, 15) is 0 Å². The van der Waals surface area contributed by atoms with Gasteiger partial charge < -0.3 is 5.73 Å². The summed E-state index contributed by atoms with van der Waals surface area (Å²) in [7, 11) is 0. The second kappa shape index (κ2) is 5.92. The van der Waals surface area contributed by atoms with E-state index in [0.29, 0.717) is 5.25 Å². The molecule has 0 radical (unpaired) electrons. The van der Waals surface area contributed by atoms with E-state index in [2.05, 4.69) is 39.1 Å². The monoisotopic (exact) mass is 243 g/mol. The van der Waals surface area contributed by atoms with Gasteiger partial charge in [0.05, 0.1) is 5.25 Å². The molecule has 1 aromatic heterocycles. The summed E-state index contributed by atoms with van der Waals surface area (Å²) in [6, 6.07) is 2.41. The number of aryl methyl sites for hydroxylation is 1. The zero-order valence-corrected chi connectivity index (χ0v) is 11.6. The molecule has 0 aromatic carbocycles. The summed E-state index contributed by atoms with van der Waals surface area (Å²) in [6.45, 7) is 8.80. The average molecular weight is 243 g/mol. The van der Waals surface area contributed by atoms with Gasteiger partial charge in [-0.1, -0.05) is 13.8 Å². The first-order valence-electron chi connectivity index (χ1n) is 5.43. The van der Waals surface area contributed by atoms with Crippen molar-refractivity contribution in [2.75, 3.05) is 5.75 Å². The van der Waals surface area contributed by atoms with Gasteiger partial charge in [0, 0.05) is 10.9 Å². The minimum atomic E-state index is 0.228. The first kappa shape index (κ1) is 13.1. The number of rotatable bonds is 5. The van der Waals surface area contributed by atoms with Crippen LogP contribution in [0.4, 0.5) is 0 Å². The molecule has 0 aliphatic rings. The zero-order valence-electron chi connectivity index (χ0n) is 9.99. The molecule has 1 rings (SSSR count). The lowest BCUT2D eigenvalue weighted by Gasteiger charge is -2.21. The molecule has 0 fully saturated rings. The molecule has 1 nitrogen and oxygen atoms in total. The third-order valence-corrected chi connectivity index (χ3v) is 5.38. The molecule has 1 aromatic rings. The quantitative estimate of drug-likeness (QED) is 0.850. The number of thioether (sulfide) groups is 1. The van der Waals surface area contributed by atoms with Gasteiger partial charge in [0.2, 0.25) is 0 Å². The Morgan fingerprint density at radius 2 is 2.07 bits per heavy atom. The average Bonchev–Trinajstić information content (AvgIpc) is 2.51. The van der Waals surface area contributed by atoms with Crippen molar-refractivity contribution in [2.45, 2.75) is 39.0 Å². The zero-order chi connectivity index (χ0) is 11.4. The molecule has 0 amide bonds. The summed E-state index contributed by atoms with van der Waals surface area (Å²) >= 11 is 3.83. The van der Waals surface area contributed by atoms with Gasteiger partial charge in [-0.15, -0.1) is 11.3 Å². The maximum atomic E-state index is 6.07. The molecule has 0 spiro atoms. The largest absolute Gasteiger partial charge is 0.327 e. The van der Waals surface area contributed by atoms with Crippen molar-refractivity contribution in [2.24, 2.45) is 11.7 Å². The summed E-state index contributed by atoms with van der Waals surface area (Å²) in [6.07, 6.45) is 0. The minimum Gasteiger partial charge on any atom is -0.327 e. The molecule has 2 N–H and O–H groups in total. The van der Waals surface area contributed by atoms with Crippen molar-refractivity contribution in [1.82, 2.24) is 0 Å². The van der Waals surface area contributed by atoms with Gasteiger partial charge in [-0.2, -0.15) is 11.8 Å². The standard InChI is InChI=1S/C12H21NS2/c1-8(2)7-15-12(10(4)13)11-9(3)5-6-14-11/h5-6,8,10,12H,7,13H2,1-4H3. The van der Waals surface area contributed by atoms with E-state index < -0.39 is 0 Å². The van der Waals surface area contributed by atoms with Gasteiger partial charge in [-0.25, -0.2) is 0 Å². The lowest BCUT2D eigenvalue weighted by molar-refractivity contribution is 0.711. The van der Waals surface area contributed by atoms with E-state index in [0.717, 1.165) is 5.92 Å².